The van der Waals surface area contributed by atoms with E-state index in [9.17, 15) is 18.8 Å². The Kier molecular flexibility index (Phi) is 6.46. The van der Waals surface area contributed by atoms with E-state index in [0.29, 0.717) is 0 Å². The molecule has 0 aliphatic rings. The molecule has 0 fully saturated rings. The molecule has 1 aromatic heterocycles. The number of carbonyl (C=O) groups is 3. The number of hydrogen-bond donors (Lipinski definition) is 0. The van der Waals surface area contributed by atoms with E-state index in [0.717, 1.165) is 6.07 Å². The summed E-state index contributed by atoms with van der Waals surface area (Å²) in [6.45, 7) is 3.11. The van der Waals surface area contributed by atoms with Crippen LogP contribution in [0.25, 0.3) is 0 Å². The van der Waals surface area contributed by atoms with Gasteiger partial charge in [-0.3, -0.25) is 4.79 Å². The van der Waals surface area contributed by atoms with Gasteiger partial charge in [-0.1, -0.05) is 11.6 Å². The summed E-state index contributed by atoms with van der Waals surface area (Å²) >= 11 is 5.60. The first-order valence-corrected chi connectivity index (χ1v) is 8.14. The minimum absolute atomic E-state index is 0.0630. The topological polar surface area (TPSA) is 87.5 Å². The largest absolute Gasteiger partial charge is 0.461 e. The van der Waals surface area contributed by atoms with Crippen molar-refractivity contribution < 1.29 is 28.2 Å². The Morgan fingerprint density at radius 3 is 2.42 bits per heavy atom. The van der Waals surface area contributed by atoms with Crippen LogP contribution in [0.5, 0.6) is 0 Å². The average molecular weight is 383 g/mol. The zero-order chi connectivity index (χ0) is 19.3. The van der Waals surface area contributed by atoms with E-state index in [1.807, 2.05) is 0 Å². The Balaban J connectivity index is 2.33. The Morgan fingerprint density at radius 2 is 1.81 bits per heavy atom. The molecule has 1 aromatic carbocycles. The Bertz CT molecular complexity index is 850. The maximum Gasteiger partial charge on any atom is 0.374 e. The molecule has 0 aliphatic heterocycles. The number of benzene rings is 1. The molecule has 0 spiro atoms. The van der Waals surface area contributed by atoms with E-state index in [-0.39, 0.29) is 41.9 Å². The molecule has 0 aliphatic carbocycles. The van der Waals surface area contributed by atoms with Gasteiger partial charge in [0, 0.05) is 11.8 Å². The highest BCUT2D eigenvalue weighted by atomic mass is 35.5. The third-order valence-electron chi connectivity index (χ3n) is 3.27. The third-order valence-corrected chi connectivity index (χ3v) is 3.58. The van der Waals surface area contributed by atoms with Crippen LogP contribution in [-0.2, 0) is 16.0 Å². The summed E-state index contributed by atoms with van der Waals surface area (Å²) in [6, 6.07) is 3.62. The fourth-order valence-electron chi connectivity index (χ4n) is 2.11. The summed E-state index contributed by atoms with van der Waals surface area (Å²) in [5.41, 5.74) is -0.0712. The van der Waals surface area contributed by atoms with Crippen molar-refractivity contribution in [2.75, 3.05) is 13.2 Å². The van der Waals surface area contributed by atoms with Crippen LogP contribution in [0.2, 0.25) is 5.02 Å². The molecule has 0 N–H and O–H groups in total. The lowest BCUT2D eigenvalue weighted by Gasteiger charge is -2.07. The number of ether oxygens (including phenoxy) is 2. The summed E-state index contributed by atoms with van der Waals surface area (Å²) in [7, 11) is 0. The van der Waals surface area contributed by atoms with Gasteiger partial charge in [-0.25, -0.2) is 19.0 Å². The molecular formula is C17H16ClFN2O5. The zero-order valence-electron chi connectivity index (χ0n) is 14.1. The maximum absolute atomic E-state index is 13.5. The number of carbonyl (C=O) groups excluding carboxylic acids is 3. The first kappa shape index (κ1) is 19.6. The zero-order valence-corrected chi connectivity index (χ0v) is 14.9. The number of hydrogen-bond acceptors (Lipinski definition) is 6. The number of ketones is 1. The number of rotatable bonds is 7. The number of halogens is 2. The molecule has 0 unspecified atom stereocenters. The van der Waals surface area contributed by atoms with Crippen molar-refractivity contribution in [3.8, 4) is 0 Å². The molecule has 0 amide bonds. The first-order chi connectivity index (χ1) is 12.4. The van der Waals surface area contributed by atoms with Crippen LogP contribution in [0.15, 0.2) is 24.4 Å². The SMILES string of the molecule is CCOC(=O)c1cn(CC(=O)c2ccc(Cl)c(F)c2)c(C(=O)OCC)n1. The highest BCUT2D eigenvalue weighted by Gasteiger charge is 2.23. The van der Waals surface area contributed by atoms with Gasteiger partial charge >= 0.3 is 11.9 Å². The molecular weight excluding hydrogens is 367 g/mol. The molecule has 138 valence electrons. The number of aromatic nitrogens is 2. The van der Waals surface area contributed by atoms with Gasteiger partial charge in [0.15, 0.2) is 11.5 Å². The van der Waals surface area contributed by atoms with Gasteiger partial charge in [0.1, 0.15) is 5.82 Å². The van der Waals surface area contributed by atoms with Gasteiger partial charge < -0.3 is 14.0 Å². The van der Waals surface area contributed by atoms with Crippen molar-refractivity contribution in [3.63, 3.8) is 0 Å². The molecule has 7 nitrogen and oxygen atoms in total. The van der Waals surface area contributed by atoms with Crippen molar-refractivity contribution in [3.05, 3.63) is 52.3 Å². The molecule has 0 radical (unpaired) electrons. The molecule has 0 saturated heterocycles. The van der Waals surface area contributed by atoms with Gasteiger partial charge in [-0.05, 0) is 32.0 Å². The van der Waals surface area contributed by atoms with E-state index < -0.39 is 23.5 Å². The van der Waals surface area contributed by atoms with Crippen molar-refractivity contribution in [2.45, 2.75) is 20.4 Å². The number of imidazole rings is 1. The Morgan fingerprint density at radius 1 is 1.15 bits per heavy atom. The highest BCUT2D eigenvalue weighted by molar-refractivity contribution is 6.30. The average Bonchev–Trinajstić information content (AvgIpc) is 3.01. The summed E-state index contributed by atoms with van der Waals surface area (Å²) in [4.78, 5) is 40.1. The molecule has 2 aromatic rings. The van der Waals surface area contributed by atoms with Crippen molar-refractivity contribution in [2.24, 2.45) is 0 Å². The summed E-state index contributed by atoms with van der Waals surface area (Å²) in [5.74, 6) is -2.99. The van der Waals surface area contributed by atoms with Gasteiger partial charge in [0.2, 0.25) is 5.82 Å². The molecule has 0 atom stereocenters. The second-order valence-corrected chi connectivity index (χ2v) is 5.48. The van der Waals surface area contributed by atoms with E-state index >= 15 is 0 Å². The van der Waals surface area contributed by atoms with Crippen LogP contribution in [0, 0.1) is 5.82 Å². The molecule has 26 heavy (non-hydrogen) atoms. The van der Waals surface area contributed by atoms with Crippen LogP contribution in [0.4, 0.5) is 4.39 Å². The predicted molar refractivity (Wildman–Crippen MR) is 89.9 cm³/mol. The molecule has 9 heteroatoms. The lowest BCUT2D eigenvalue weighted by molar-refractivity contribution is 0.0506. The molecule has 1 heterocycles. The monoisotopic (exact) mass is 382 g/mol. The number of esters is 2. The number of Topliss-reactive ketones (excluding diaryl/α,β-unsaturated/α-hetero) is 1. The van der Waals surface area contributed by atoms with Crippen LogP contribution in [-0.4, -0.2) is 40.5 Å². The Labute approximate surface area is 153 Å². The first-order valence-electron chi connectivity index (χ1n) is 7.77. The second kappa shape index (κ2) is 8.57. The van der Waals surface area contributed by atoms with E-state index in [4.69, 9.17) is 21.1 Å². The second-order valence-electron chi connectivity index (χ2n) is 5.07. The molecule has 0 saturated carbocycles. The summed E-state index contributed by atoms with van der Waals surface area (Å²) < 4.78 is 24.4. The minimum atomic E-state index is -0.793. The van der Waals surface area contributed by atoms with Crippen molar-refractivity contribution in [1.29, 1.82) is 0 Å². The fourth-order valence-corrected chi connectivity index (χ4v) is 2.23. The van der Waals surface area contributed by atoms with Crippen molar-refractivity contribution in [1.82, 2.24) is 9.55 Å². The number of nitrogens with zero attached hydrogens (tertiary/aromatic N) is 2. The molecule has 0 bridgehead atoms. The summed E-state index contributed by atoms with van der Waals surface area (Å²) in [5, 5.41) is -0.110. The standard InChI is InChI=1S/C17H16ClFN2O5/c1-3-25-16(23)13-8-21(15(20-13)17(24)26-4-2)9-14(22)10-5-6-11(18)12(19)7-10/h5-8H,3-4,9H2,1-2H3. The highest BCUT2D eigenvalue weighted by Crippen LogP contribution is 2.17. The lowest BCUT2D eigenvalue weighted by atomic mass is 10.1. The van der Waals surface area contributed by atoms with Gasteiger partial charge in [0.05, 0.1) is 24.8 Å². The quantitative estimate of drug-likeness (QED) is 0.540. The van der Waals surface area contributed by atoms with E-state index in [1.165, 1.54) is 22.9 Å². The molecule has 2 rings (SSSR count). The predicted octanol–water partition coefficient (Wildman–Crippen LogP) is 2.91. The van der Waals surface area contributed by atoms with Crippen LogP contribution < -0.4 is 0 Å². The summed E-state index contributed by atoms with van der Waals surface area (Å²) in [6.07, 6.45) is 1.22. The van der Waals surface area contributed by atoms with E-state index in [2.05, 4.69) is 4.98 Å². The van der Waals surface area contributed by atoms with Crippen LogP contribution in [0.3, 0.4) is 0 Å². The van der Waals surface area contributed by atoms with Crippen LogP contribution >= 0.6 is 11.6 Å². The van der Waals surface area contributed by atoms with Gasteiger partial charge in [-0.15, -0.1) is 0 Å². The van der Waals surface area contributed by atoms with Crippen LogP contribution in [0.1, 0.15) is 45.3 Å². The fraction of sp³-hybridized carbons (Fsp3) is 0.294. The van der Waals surface area contributed by atoms with Gasteiger partial charge in [0.25, 0.3) is 0 Å². The van der Waals surface area contributed by atoms with Crippen molar-refractivity contribution >= 4 is 29.3 Å². The minimum Gasteiger partial charge on any atom is -0.461 e. The van der Waals surface area contributed by atoms with E-state index in [1.54, 1.807) is 13.8 Å². The third kappa shape index (κ3) is 4.45. The smallest absolute Gasteiger partial charge is 0.374 e. The lowest BCUT2D eigenvalue weighted by Crippen LogP contribution is -2.17. The normalized spacial score (nSPS) is 10.5. The Hall–Kier alpha value is -2.74. The maximum atomic E-state index is 13.5. The van der Waals surface area contributed by atoms with Gasteiger partial charge in [-0.2, -0.15) is 0 Å².